The number of carbonyl (C=O) groups is 1. The van der Waals surface area contributed by atoms with Crippen LogP contribution in [0.1, 0.15) is 25.0 Å². The van der Waals surface area contributed by atoms with Crippen LogP contribution in [0.3, 0.4) is 0 Å². The molecule has 0 saturated heterocycles. The zero-order valence-corrected chi connectivity index (χ0v) is 15.5. The smallest absolute Gasteiger partial charge is 0.261 e. The van der Waals surface area contributed by atoms with Crippen LogP contribution < -0.4 is 10.9 Å². The molecule has 0 saturated carbocycles. The normalized spacial score (nSPS) is 10.9. The van der Waals surface area contributed by atoms with Crippen molar-refractivity contribution < 1.29 is 4.79 Å². The second-order valence-corrected chi connectivity index (χ2v) is 6.42. The summed E-state index contributed by atoms with van der Waals surface area (Å²) in [6.45, 7) is 3.92. The van der Waals surface area contributed by atoms with E-state index in [1.807, 2.05) is 32.0 Å². The van der Waals surface area contributed by atoms with Crippen molar-refractivity contribution in [3.05, 3.63) is 69.2 Å². The summed E-state index contributed by atoms with van der Waals surface area (Å²) in [5.74, 6) is -0.282. The predicted octanol–water partition coefficient (Wildman–Crippen LogP) is 3.81. The third-order valence-electron chi connectivity index (χ3n) is 4.39. The minimum atomic E-state index is -0.282. The molecule has 0 spiro atoms. The van der Waals surface area contributed by atoms with Crippen molar-refractivity contribution in [2.24, 2.45) is 0 Å². The minimum Gasteiger partial charge on any atom is -0.324 e. The number of aryl methyl sites for hydroxylation is 1. The Morgan fingerprint density at radius 2 is 1.92 bits per heavy atom. The quantitative estimate of drug-likeness (QED) is 0.743. The lowest BCUT2D eigenvalue weighted by molar-refractivity contribution is -0.116. The van der Waals surface area contributed by atoms with E-state index in [4.69, 9.17) is 11.6 Å². The van der Waals surface area contributed by atoms with Gasteiger partial charge in [-0.15, -0.1) is 0 Å². The molecule has 0 unspecified atom stereocenters. The van der Waals surface area contributed by atoms with E-state index in [9.17, 15) is 9.59 Å². The Balaban J connectivity index is 1.90. The van der Waals surface area contributed by atoms with Crippen molar-refractivity contribution in [3.63, 3.8) is 0 Å². The summed E-state index contributed by atoms with van der Waals surface area (Å²) < 4.78 is 1.32. The summed E-state index contributed by atoms with van der Waals surface area (Å²) in [5, 5.41) is 4.06. The van der Waals surface area contributed by atoms with Crippen molar-refractivity contribution in [1.29, 1.82) is 0 Å². The zero-order chi connectivity index (χ0) is 18.7. The highest BCUT2D eigenvalue weighted by Crippen LogP contribution is 2.29. The highest BCUT2D eigenvalue weighted by Gasteiger charge is 2.14. The summed E-state index contributed by atoms with van der Waals surface area (Å²) in [5.41, 5.74) is 3.05. The fraction of sp³-hybridized carbons (Fsp3) is 0.250. The van der Waals surface area contributed by atoms with E-state index in [2.05, 4.69) is 10.3 Å². The summed E-state index contributed by atoms with van der Waals surface area (Å²) in [4.78, 5) is 29.4. The highest BCUT2D eigenvalue weighted by atomic mass is 35.5. The van der Waals surface area contributed by atoms with Gasteiger partial charge in [0, 0.05) is 10.7 Å². The topological polar surface area (TPSA) is 64.0 Å². The second-order valence-electron chi connectivity index (χ2n) is 6.01. The molecule has 3 aromatic rings. The fourth-order valence-corrected chi connectivity index (χ4v) is 3.31. The van der Waals surface area contributed by atoms with E-state index in [0.717, 1.165) is 23.2 Å². The monoisotopic (exact) mass is 369 g/mol. The molecule has 1 amide bonds. The summed E-state index contributed by atoms with van der Waals surface area (Å²) in [6, 6.07) is 10.9. The number of nitrogens with zero attached hydrogens (tertiary/aromatic N) is 2. The van der Waals surface area contributed by atoms with E-state index < -0.39 is 0 Å². The molecule has 0 atom stereocenters. The number of benzene rings is 2. The first-order valence-corrected chi connectivity index (χ1v) is 8.97. The maximum Gasteiger partial charge on any atom is 0.261 e. The number of fused-ring (bicyclic) bond motifs is 1. The summed E-state index contributed by atoms with van der Waals surface area (Å²) >= 11 is 6.28. The molecule has 1 N–H and O–H groups in total. The van der Waals surface area contributed by atoms with Gasteiger partial charge in [-0.1, -0.05) is 43.6 Å². The summed E-state index contributed by atoms with van der Waals surface area (Å²) in [7, 11) is 0. The van der Waals surface area contributed by atoms with Gasteiger partial charge in [0.1, 0.15) is 6.54 Å². The molecule has 0 aliphatic rings. The first-order chi connectivity index (χ1) is 12.5. The van der Waals surface area contributed by atoms with Crippen LogP contribution in [0.15, 0.2) is 47.5 Å². The molecule has 3 rings (SSSR count). The number of aromatic nitrogens is 2. The van der Waals surface area contributed by atoms with Gasteiger partial charge in [-0.3, -0.25) is 14.2 Å². The van der Waals surface area contributed by atoms with Crippen molar-refractivity contribution >= 4 is 34.1 Å². The lowest BCUT2D eigenvalue weighted by atomic mass is 10.0. The molecule has 6 heteroatoms. The van der Waals surface area contributed by atoms with Crippen LogP contribution in [-0.4, -0.2) is 15.5 Å². The molecule has 1 aromatic heterocycles. The minimum absolute atomic E-state index is 0.102. The maximum absolute atomic E-state index is 12.6. The second kappa shape index (κ2) is 7.70. The Kier molecular flexibility index (Phi) is 5.38. The lowest BCUT2D eigenvalue weighted by Gasteiger charge is -2.16. The molecule has 134 valence electrons. The number of amides is 1. The third-order valence-corrected chi connectivity index (χ3v) is 4.74. The van der Waals surface area contributed by atoms with E-state index in [0.29, 0.717) is 22.3 Å². The Bertz CT molecular complexity index is 1030. The fourth-order valence-electron chi connectivity index (χ4n) is 3.02. The van der Waals surface area contributed by atoms with Crippen LogP contribution in [0.25, 0.3) is 10.9 Å². The van der Waals surface area contributed by atoms with Gasteiger partial charge in [0.05, 0.1) is 17.2 Å². The molecule has 0 aliphatic carbocycles. The molecular formula is C20H20ClN3O2. The average molecular weight is 370 g/mol. The molecule has 26 heavy (non-hydrogen) atoms. The Hall–Kier alpha value is -2.66. The number of nitrogens with one attached hydrogen (secondary N) is 1. The molecule has 0 aliphatic heterocycles. The molecule has 0 fully saturated rings. The van der Waals surface area contributed by atoms with Gasteiger partial charge in [-0.25, -0.2) is 4.98 Å². The number of halogens is 1. The van der Waals surface area contributed by atoms with Crippen LogP contribution in [0, 0.1) is 0 Å². The Morgan fingerprint density at radius 3 is 2.65 bits per heavy atom. The van der Waals surface area contributed by atoms with Gasteiger partial charge >= 0.3 is 0 Å². The standard InChI is InChI=1S/C20H20ClN3O2/c1-3-13-9-10-16(21)14(4-2)19(13)23-18(25)11-24-12-22-17-8-6-5-7-15(17)20(24)26/h5-10,12H,3-4,11H2,1-2H3,(H,23,25). The molecule has 0 radical (unpaired) electrons. The van der Waals surface area contributed by atoms with Crippen molar-refractivity contribution in [3.8, 4) is 0 Å². The van der Waals surface area contributed by atoms with Gasteiger partial charge in [0.25, 0.3) is 5.56 Å². The highest BCUT2D eigenvalue weighted by molar-refractivity contribution is 6.32. The van der Waals surface area contributed by atoms with E-state index in [-0.39, 0.29) is 18.0 Å². The van der Waals surface area contributed by atoms with Crippen LogP contribution in [0.4, 0.5) is 5.69 Å². The van der Waals surface area contributed by atoms with Gasteiger partial charge in [0.15, 0.2) is 0 Å². The van der Waals surface area contributed by atoms with E-state index >= 15 is 0 Å². The van der Waals surface area contributed by atoms with Crippen molar-refractivity contribution in [2.45, 2.75) is 33.2 Å². The average Bonchev–Trinajstić information content (AvgIpc) is 2.65. The number of rotatable bonds is 5. The summed E-state index contributed by atoms with van der Waals surface area (Å²) in [6.07, 6.45) is 2.89. The van der Waals surface area contributed by atoms with Crippen molar-refractivity contribution in [2.75, 3.05) is 5.32 Å². The van der Waals surface area contributed by atoms with Crippen LogP contribution in [0.2, 0.25) is 5.02 Å². The maximum atomic E-state index is 12.6. The first kappa shape index (κ1) is 18.1. The largest absolute Gasteiger partial charge is 0.324 e. The zero-order valence-electron chi connectivity index (χ0n) is 14.8. The number of hydrogen-bond acceptors (Lipinski definition) is 3. The molecule has 0 bridgehead atoms. The number of para-hydroxylation sites is 1. The van der Waals surface area contributed by atoms with Crippen LogP contribution in [-0.2, 0) is 24.2 Å². The van der Waals surface area contributed by atoms with Gasteiger partial charge in [-0.2, -0.15) is 0 Å². The number of hydrogen-bond donors (Lipinski definition) is 1. The molecular weight excluding hydrogens is 350 g/mol. The van der Waals surface area contributed by atoms with Crippen LogP contribution in [0.5, 0.6) is 0 Å². The third kappa shape index (κ3) is 3.48. The van der Waals surface area contributed by atoms with Crippen LogP contribution >= 0.6 is 11.6 Å². The molecule has 1 heterocycles. The Labute approximate surface area is 156 Å². The van der Waals surface area contributed by atoms with E-state index in [1.165, 1.54) is 10.9 Å². The Morgan fingerprint density at radius 1 is 1.15 bits per heavy atom. The predicted molar refractivity (Wildman–Crippen MR) is 105 cm³/mol. The number of anilines is 1. The molecule has 5 nitrogen and oxygen atoms in total. The van der Waals surface area contributed by atoms with Gasteiger partial charge in [-0.05, 0) is 42.2 Å². The van der Waals surface area contributed by atoms with Gasteiger partial charge in [0.2, 0.25) is 5.91 Å². The molecule has 2 aromatic carbocycles. The lowest BCUT2D eigenvalue weighted by Crippen LogP contribution is -2.28. The van der Waals surface area contributed by atoms with Gasteiger partial charge < -0.3 is 5.32 Å². The number of carbonyl (C=O) groups excluding carboxylic acids is 1. The first-order valence-electron chi connectivity index (χ1n) is 8.59. The van der Waals surface area contributed by atoms with E-state index in [1.54, 1.807) is 18.2 Å². The SMILES string of the molecule is CCc1ccc(Cl)c(CC)c1NC(=O)Cn1cnc2ccccc2c1=O. The van der Waals surface area contributed by atoms with Crippen molar-refractivity contribution in [1.82, 2.24) is 9.55 Å².